The molecule has 2 rings (SSSR count). The number of nitrogens with one attached hydrogen (secondary N) is 5. The van der Waals surface area contributed by atoms with E-state index in [9.17, 15) is 22.8 Å². The number of aromatic nitrogens is 1. The van der Waals surface area contributed by atoms with Crippen LogP contribution in [0, 0.1) is 0 Å². The first kappa shape index (κ1) is 35.1. The van der Waals surface area contributed by atoms with Crippen molar-refractivity contribution >= 4 is 50.9 Å². The smallest absolute Gasteiger partial charge is 0.239 e. The maximum absolute atomic E-state index is 13.1. The van der Waals surface area contributed by atoms with Gasteiger partial charge in [-0.3, -0.25) is 24.4 Å². The Morgan fingerprint density at radius 2 is 1.53 bits per heavy atom. The number of aliphatic imine (C=N–C) groups is 2. The molecule has 43 heavy (non-hydrogen) atoms. The second-order valence-electron chi connectivity index (χ2n) is 9.31. The predicted octanol–water partition coefficient (Wildman–Crippen LogP) is -0.956. The third kappa shape index (κ3) is 13.6. The van der Waals surface area contributed by atoms with Crippen LogP contribution in [0.5, 0.6) is 0 Å². The van der Waals surface area contributed by atoms with Crippen molar-refractivity contribution in [3.63, 3.8) is 0 Å². The fourth-order valence-corrected chi connectivity index (χ4v) is 5.80. The fourth-order valence-electron chi connectivity index (χ4n) is 3.80. The number of nitrogens with two attached hydrogens (primary N) is 2. The minimum absolute atomic E-state index is 0.119. The van der Waals surface area contributed by atoms with Crippen molar-refractivity contribution in [1.29, 1.82) is 0 Å². The molecule has 2 amide bonds. The Labute approximate surface area is 255 Å². The van der Waals surface area contributed by atoms with E-state index in [-0.39, 0.29) is 41.3 Å². The van der Waals surface area contributed by atoms with Crippen molar-refractivity contribution in [2.45, 2.75) is 43.5 Å². The Balaban J connectivity index is 2.03. The molecular weight excluding hydrogens is 596 g/mol. The second-order valence-corrected chi connectivity index (χ2v) is 12.0. The maximum Gasteiger partial charge on any atom is 0.239 e. The summed E-state index contributed by atoms with van der Waals surface area (Å²) in [5.41, 5.74) is 11.8. The first-order chi connectivity index (χ1) is 20.5. The van der Waals surface area contributed by atoms with E-state index in [0.29, 0.717) is 31.5 Å². The van der Waals surface area contributed by atoms with Crippen LogP contribution in [0.15, 0.2) is 51.9 Å². The van der Waals surface area contributed by atoms with Crippen molar-refractivity contribution in [2.24, 2.45) is 21.5 Å². The number of thiazole rings is 1. The van der Waals surface area contributed by atoms with Gasteiger partial charge in [-0.25, -0.2) is 18.1 Å². The summed E-state index contributed by atoms with van der Waals surface area (Å²) in [5.74, 6) is -1.53. The number of ketones is 1. The van der Waals surface area contributed by atoms with E-state index in [1.807, 2.05) is 0 Å². The number of carbonyl (C=O) groups is 3. The molecule has 15 nitrogen and oxygen atoms in total. The lowest BCUT2D eigenvalue weighted by Gasteiger charge is -2.20. The van der Waals surface area contributed by atoms with Crippen LogP contribution in [0.2, 0.25) is 0 Å². The van der Waals surface area contributed by atoms with Gasteiger partial charge in [0, 0.05) is 38.8 Å². The summed E-state index contributed by atoms with van der Waals surface area (Å²) >= 11 is 1.15. The number of hydrogen-bond acceptors (Lipinski definition) is 9. The minimum Gasteiger partial charge on any atom is -0.370 e. The van der Waals surface area contributed by atoms with Gasteiger partial charge in [0.15, 0.2) is 16.9 Å². The van der Waals surface area contributed by atoms with Crippen LogP contribution in [0.3, 0.4) is 0 Å². The quantitative estimate of drug-likeness (QED) is 0.0458. The second kappa shape index (κ2) is 18.4. The van der Waals surface area contributed by atoms with Crippen molar-refractivity contribution < 1.29 is 22.8 Å². The monoisotopic (exact) mass is 636 g/mol. The standard InChI is InChI=1S/C26H40N10O5S2/c1-29-25(27)32-12-6-10-19(22(38)24-31-14-15-42-24)35-21(37)16-34-23(39)20(11-7-13-33-26(28)30-2)36-43(40,41)17-18-8-4-3-5-9-18/h3-5,8-9,14-15,19-20,36H,6-7,10-13,16-17H2,1-2H3,(H,34,39)(H,35,37)(H3,27,29,32)(H3,28,30,33)/t19-,20+/m0/s1. The molecule has 0 aliphatic carbocycles. The molecule has 236 valence electrons. The average Bonchev–Trinajstić information content (AvgIpc) is 3.53. The normalized spacial score (nSPS) is 13.5. The van der Waals surface area contributed by atoms with Gasteiger partial charge in [0.1, 0.15) is 6.04 Å². The highest BCUT2D eigenvalue weighted by Gasteiger charge is 2.27. The molecule has 9 N–H and O–H groups in total. The molecule has 2 atom stereocenters. The Kier molecular flexibility index (Phi) is 15.1. The molecule has 0 unspecified atom stereocenters. The van der Waals surface area contributed by atoms with Crippen LogP contribution in [0.1, 0.15) is 41.0 Å². The fraction of sp³-hybridized carbons (Fsp3) is 0.462. The van der Waals surface area contributed by atoms with E-state index in [0.717, 1.165) is 11.3 Å². The van der Waals surface area contributed by atoms with E-state index < -0.39 is 40.5 Å². The maximum atomic E-state index is 13.1. The van der Waals surface area contributed by atoms with Crippen LogP contribution in [-0.4, -0.2) is 88.7 Å². The number of sulfonamides is 1. The van der Waals surface area contributed by atoms with Crippen LogP contribution in [0.25, 0.3) is 0 Å². The van der Waals surface area contributed by atoms with Crippen LogP contribution in [-0.2, 0) is 25.4 Å². The average molecular weight is 637 g/mol. The highest BCUT2D eigenvalue weighted by molar-refractivity contribution is 7.88. The number of guanidine groups is 2. The first-order valence-corrected chi connectivity index (χ1v) is 16.0. The van der Waals surface area contributed by atoms with Crippen molar-refractivity contribution in [3.8, 4) is 0 Å². The number of hydrogen-bond donors (Lipinski definition) is 7. The van der Waals surface area contributed by atoms with Gasteiger partial charge >= 0.3 is 0 Å². The Hall–Kier alpha value is -4.09. The van der Waals surface area contributed by atoms with Gasteiger partial charge in [0.2, 0.25) is 27.6 Å². The summed E-state index contributed by atoms with van der Waals surface area (Å²) in [6.45, 7) is 0.296. The number of carbonyl (C=O) groups excluding carboxylic acids is 3. The molecule has 0 bridgehead atoms. The highest BCUT2D eigenvalue weighted by atomic mass is 32.2. The van der Waals surface area contributed by atoms with E-state index in [4.69, 9.17) is 11.5 Å². The zero-order chi connectivity index (χ0) is 31.7. The van der Waals surface area contributed by atoms with Crippen molar-refractivity contribution in [2.75, 3.05) is 33.7 Å². The third-order valence-electron chi connectivity index (χ3n) is 5.99. The zero-order valence-electron chi connectivity index (χ0n) is 24.2. The van der Waals surface area contributed by atoms with Gasteiger partial charge in [0.25, 0.3) is 0 Å². The van der Waals surface area contributed by atoms with Crippen LogP contribution < -0.4 is 37.5 Å². The largest absolute Gasteiger partial charge is 0.370 e. The minimum atomic E-state index is -3.91. The topological polar surface area (TPSA) is 235 Å². The van der Waals surface area contributed by atoms with Gasteiger partial charge in [-0.2, -0.15) is 0 Å². The molecule has 1 aromatic heterocycles. The van der Waals surface area contributed by atoms with Gasteiger partial charge in [-0.05, 0) is 31.2 Å². The summed E-state index contributed by atoms with van der Waals surface area (Å²) in [6.07, 6.45) is 2.75. The highest BCUT2D eigenvalue weighted by Crippen LogP contribution is 2.11. The Morgan fingerprint density at radius 3 is 2.09 bits per heavy atom. The van der Waals surface area contributed by atoms with Crippen molar-refractivity contribution in [3.05, 3.63) is 52.5 Å². The molecule has 0 saturated carbocycles. The van der Waals surface area contributed by atoms with E-state index >= 15 is 0 Å². The molecule has 1 aromatic carbocycles. The lowest BCUT2D eigenvalue weighted by Crippen LogP contribution is -2.51. The Morgan fingerprint density at radius 1 is 0.930 bits per heavy atom. The van der Waals surface area contributed by atoms with E-state index in [2.05, 4.69) is 41.0 Å². The van der Waals surface area contributed by atoms with Gasteiger partial charge in [-0.1, -0.05) is 30.3 Å². The molecule has 0 spiro atoms. The Bertz CT molecular complexity index is 1340. The molecular formula is C26H40N10O5S2. The number of benzene rings is 1. The van der Waals surface area contributed by atoms with Gasteiger partial charge in [0.05, 0.1) is 18.3 Å². The van der Waals surface area contributed by atoms with E-state index in [1.165, 1.54) is 13.2 Å². The summed E-state index contributed by atoms with van der Waals surface area (Å²) in [5, 5.41) is 12.8. The molecule has 0 fully saturated rings. The van der Waals surface area contributed by atoms with Gasteiger partial charge in [-0.15, -0.1) is 11.3 Å². The third-order valence-corrected chi connectivity index (χ3v) is 8.13. The summed E-state index contributed by atoms with van der Waals surface area (Å²) < 4.78 is 28.2. The lowest BCUT2D eigenvalue weighted by atomic mass is 10.1. The number of Topliss-reactive ketones (excluding diaryl/α,β-unsaturated/α-hetero) is 1. The summed E-state index contributed by atoms with van der Waals surface area (Å²) in [4.78, 5) is 50.5. The predicted molar refractivity (Wildman–Crippen MR) is 167 cm³/mol. The number of rotatable bonds is 18. The van der Waals surface area contributed by atoms with Crippen molar-refractivity contribution in [1.82, 2.24) is 31.0 Å². The van der Waals surface area contributed by atoms with E-state index in [1.54, 1.807) is 42.8 Å². The summed E-state index contributed by atoms with van der Waals surface area (Å²) in [7, 11) is -0.847. The lowest BCUT2D eigenvalue weighted by molar-refractivity contribution is -0.127. The molecule has 2 aromatic rings. The molecule has 0 saturated heterocycles. The molecule has 0 aliphatic heterocycles. The van der Waals surface area contributed by atoms with Crippen LogP contribution in [0.4, 0.5) is 0 Å². The first-order valence-electron chi connectivity index (χ1n) is 13.5. The SMILES string of the molecule is CN=C(N)NCCC[C@H](NC(=O)CNC(=O)[C@@H](CCCNC(N)=NC)NS(=O)(=O)Cc1ccccc1)C(=O)c1nccs1. The number of amides is 2. The molecule has 0 radical (unpaired) electrons. The van der Waals surface area contributed by atoms with Gasteiger partial charge < -0.3 is 32.7 Å². The zero-order valence-corrected chi connectivity index (χ0v) is 25.8. The molecule has 0 aliphatic rings. The molecule has 1 heterocycles. The summed E-state index contributed by atoms with van der Waals surface area (Å²) in [6, 6.07) is 6.49. The van der Waals surface area contributed by atoms with Crippen LogP contribution >= 0.6 is 11.3 Å². The molecule has 17 heteroatoms. The number of nitrogens with zero attached hydrogens (tertiary/aromatic N) is 3.